The number of carbonyl (C=O) groups excluding carboxylic acids is 2. The molecule has 0 aliphatic heterocycles. The fourth-order valence-corrected chi connectivity index (χ4v) is 5.83. The molecule has 0 aliphatic rings. The van der Waals surface area contributed by atoms with Crippen LogP contribution in [0.1, 0.15) is 116 Å². The predicted molar refractivity (Wildman–Crippen MR) is 136 cm³/mol. The number of rotatable bonds is 25. The first-order valence-corrected chi connectivity index (χ1v) is 15.9. The lowest BCUT2D eigenvalue weighted by atomic mass is 10.0. The van der Waals surface area contributed by atoms with Gasteiger partial charge < -0.3 is 18.1 Å². The third-order valence-corrected chi connectivity index (χ3v) is 9.70. The Kier molecular flexibility index (Phi) is 20.6. The minimum absolute atomic E-state index is 0.255. The summed E-state index contributed by atoms with van der Waals surface area (Å²) < 4.78 is 42.7. The highest BCUT2D eigenvalue weighted by molar-refractivity contribution is 7.72. The Morgan fingerprint density at radius 2 is 0.588 bits per heavy atom. The lowest BCUT2D eigenvalue weighted by Crippen LogP contribution is -2.03. The van der Waals surface area contributed by atoms with Gasteiger partial charge in [-0.15, -0.1) is 0 Å². The summed E-state index contributed by atoms with van der Waals surface area (Å²) in [6, 6.07) is 0. The quantitative estimate of drug-likeness (QED) is 0.0869. The summed E-state index contributed by atoms with van der Waals surface area (Å²) in [5.74, 6) is 0. The molecule has 0 saturated carbocycles. The summed E-state index contributed by atoms with van der Waals surface area (Å²) >= 11 is 0. The van der Waals surface area contributed by atoms with Crippen LogP contribution in [0.3, 0.4) is 0 Å². The maximum Gasteiger partial charge on any atom is 0.396 e. The molecule has 0 bridgehead atoms. The summed E-state index contributed by atoms with van der Waals surface area (Å²) in [5, 5.41) is 0. The molecule has 0 heterocycles. The van der Waals surface area contributed by atoms with Gasteiger partial charge >= 0.3 is 15.2 Å². The van der Waals surface area contributed by atoms with E-state index in [2.05, 4.69) is 0 Å². The number of hydrogen-bond acceptors (Lipinski definition) is 8. The zero-order valence-corrected chi connectivity index (χ0v) is 23.7. The number of unbranched alkanes of at least 4 members (excludes halogenated alkanes) is 15. The van der Waals surface area contributed by atoms with Gasteiger partial charge in [0.25, 0.3) is 0 Å². The van der Waals surface area contributed by atoms with Gasteiger partial charge in [0, 0.05) is 41.3 Å². The predicted octanol–water partition coefficient (Wildman–Crippen LogP) is 8.03. The van der Waals surface area contributed by atoms with E-state index in [4.69, 9.17) is 18.1 Å². The Morgan fingerprint density at radius 3 is 0.765 bits per heavy atom. The van der Waals surface area contributed by atoms with Crippen LogP contribution in [0.5, 0.6) is 0 Å². The van der Waals surface area contributed by atoms with Crippen molar-refractivity contribution in [2.24, 2.45) is 0 Å². The second-order valence-corrected chi connectivity index (χ2v) is 13.1. The first-order valence-electron chi connectivity index (χ1n) is 12.8. The van der Waals surface area contributed by atoms with Gasteiger partial charge in [0.05, 0.1) is 0 Å². The van der Waals surface area contributed by atoms with E-state index in [0.717, 1.165) is 38.5 Å². The normalized spacial score (nSPS) is 12.2. The lowest BCUT2D eigenvalue weighted by Gasteiger charge is -2.11. The molecule has 0 amide bonds. The molecule has 0 aromatic rings. The van der Waals surface area contributed by atoms with Crippen molar-refractivity contribution >= 4 is 26.2 Å². The standard InChI is InChI=1S/C24H48O8P2/c1-29-33(27,30-2)23(25)21-19-17-15-13-11-9-7-5-6-8-10-12-14-16-18-20-22-24(26)34(28,31-3)32-4/h5-22H2,1-4H3. The van der Waals surface area contributed by atoms with Crippen molar-refractivity contribution in [1.82, 2.24) is 0 Å². The second-order valence-electron chi connectivity index (χ2n) is 8.67. The Balaban J connectivity index is 3.39. The van der Waals surface area contributed by atoms with Crippen LogP contribution in [-0.2, 0) is 36.8 Å². The van der Waals surface area contributed by atoms with Crippen LogP contribution in [0.2, 0.25) is 0 Å². The van der Waals surface area contributed by atoms with Crippen LogP contribution in [0, 0.1) is 0 Å². The van der Waals surface area contributed by atoms with Gasteiger partial charge in [-0.3, -0.25) is 18.7 Å². The van der Waals surface area contributed by atoms with Crippen LogP contribution in [0.25, 0.3) is 0 Å². The molecule has 0 rings (SSSR count). The van der Waals surface area contributed by atoms with E-state index < -0.39 is 26.2 Å². The average molecular weight is 527 g/mol. The molecule has 0 aliphatic carbocycles. The lowest BCUT2D eigenvalue weighted by molar-refractivity contribution is -0.114. The van der Waals surface area contributed by atoms with Crippen LogP contribution in [0.15, 0.2) is 0 Å². The molecule has 0 saturated heterocycles. The van der Waals surface area contributed by atoms with E-state index >= 15 is 0 Å². The maximum absolute atomic E-state index is 11.9. The Labute approximate surface area is 207 Å². The summed E-state index contributed by atoms with van der Waals surface area (Å²) in [4.78, 5) is 23.6. The molecule has 0 atom stereocenters. The van der Waals surface area contributed by atoms with E-state index in [-0.39, 0.29) is 12.8 Å². The molecular weight excluding hydrogens is 478 g/mol. The highest BCUT2D eigenvalue weighted by Crippen LogP contribution is 2.49. The second kappa shape index (κ2) is 20.8. The van der Waals surface area contributed by atoms with Crippen LogP contribution in [-0.4, -0.2) is 39.5 Å². The molecule has 0 radical (unpaired) electrons. The van der Waals surface area contributed by atoms with Crippen molar-refractivity contribution < 1.29 is 36.8 Å². The minimum atomic E-state index is -3.54. The van der Waals surface area contributed by atoms with Gasteiger partial charge in [-0.25, -0.2) is 0 Å². The van der Waals surface area contributed by atoms with E-state index in [1.54, 1.807) is 0 Å². The molecule has 10 heteroatoms. The van der Waals surface area contributed by atoms with Gasteiger partial charge in [-0.2, -0.15) is 0 Å². The van der Waals surface area contributed by atoms with Crippen molar-refractivity contribution in [3.63, 3.8) is 0 Å². The third kappa shape index (κ3) is 14.9. The van der Waals surface area contributed by atoms with Gasteiger partial charge in [0.15, 0.2) is 0 Å². The SMILES string of the molecule is COP(=O)(OC)C(=O)CCCCCCCCCCCCCCCCCCC(=O)P(=O)(OC)OC. The Hall–Kier alpha value is -0.360. The van der Waals surface area contributed by atoms with Crippen LogP contribution < -0.4 is 0 Å². The molecule has 0 aromatic heterocycles. The molecule has 0 aromatic carbocycles. The summed E-state index contributed by atoms with van der Waals surface area (Å²) in [6.45, 7) is 0. The molecule has 0 N–H and O–H groups in total. The Bertz CT molecular complexity index is 568. The molecule has 202 valence electrons. The molecule has 0 spiro atoms. The van der Waals surface area contributed by atoms with Crippen LogP contribution >= 0.6 is 15.2 Å². The Morgan fingerprint density at radius 1 is 0.412 bits per heavy atom. The highest BCUT2D eigenvalue weighted by atomic mass is 31.2. The van der Waals surface area contributed by atoms with Gasteiger partial charge in [-0.1, -0.05) is 89.9 Å². The van der Waals surface area contributed by atoms with Gasteiger partial charge in [0.2, 0.25) is 11.0 Å². The van der Waals surface area contributed by atoms with Crippen molar-refractivity contribution in [3.05, 3.63) is 0 Å². The first kappa shape index (κ1) is 33.6. The molecule has 8 nitrogen and oxygen atoms in total. The van der Waals surface area contributed by atoms with E-state index in [1.807, 2.05) is 0 Å². The number of carbonyl (C=O) groups is 2. The number of hydrogen-bond donors (Lipinski definition) is 0. The van der Waals surface area contributed by atoms with Gasteiger partial charge in [-0.05, 0) is 12.8 Å². The van der Waals surface area contributed by atoms with E-state index in [1.165, 1.54) is 92.6 Å². The van der Waals surface area contributed by atoms with Gasteiger partial charge in [0.1, 0.15) is 0 Å². The summed E-state index contributed by atoms with van der Waals surface area (Å²) in [6.07, 6.45) is 18.6. The minimum Gasteiger partial charge on any atom is -0.307 e. The summed E-state index contributed by atoms with van der Waals surface area (Å²) in [5.41, 5.74) is -0.848. The fourth-order valence-electron chi connectivity index (χ4n) is 3.86. The van der Waals surface area contributed by atoms with Crippen LogP contribution in [0.4, 0.5) is 0 Å². The van der Waals surface area contributed by atoms with Crippen molar-refractivity contribution in [3.8, 4) is 0 Å². The molecular formula is C24H48O8P2. The highest BCUT2D eigenvalue weighted by Gasteiger charge is 2.31. The molecule has 0 unspecified atom stereocenters. The van der Waals surface area contributed by atoms with Crippen molar-refractivity contribution in [2.75, 3.05) is 28.4 Å². The average Bonchev–Trinajstić information content (AvgIpc) is 2.86. The van der Waals surface area contributed by atoms with E-state index in [0.29, 0.717) is 0 Å². The molecule has 0 fully saturated rings. The van der Waals surface area contributed by atoms with E-state index in [9.17, 15) is 18.7 Å². The first-order chi connectivity index (χ1) is 16.3. The maximum atomic E-state index is 11.9. The third-order valence-electron chi connectivity index (χ3n) is 6.10. The summed E-state index contributed by atoms with van der Waals surface area (Å²) in [7, 11) is -2.11. The monoisotopic (exact) mass is 526 g/mol. The van der Waals surface area contributed by atoms with Crippen molar-refractivity contribution in [2.45, 2.75) is 116 Å². The largest absolute Gasteiger partial charge is 0.396 e. The topological polar surface area (TPSA) is 105 Å². The zero-order valence-electron chi connectivity index (χ0n) is 21.9. The van der Waals surface area contributed by atoms with Crippen molar-refractivity contribution in [1.29, 1.82) is 0 Å². The molecule has 34 heavy (non-hydrogen) atoms. The zero-order chi connectivity index (χ0) is 25.7. The smallest absolute Gasteiger partial charge is 0.307 e. The fraction of sp³-hybridized carbons (Fsp3) is 0.917.